The van der Waals surface area contributed by atoms with E-state index in [-0.39, 0.29) is 12.0 Å². The van der Waals surface area contributed by atoms with Gasteiger partial charge in [0.15, 0.2) is 0 Å². The van der Waals surface area contributed by atoms with Gasteiger partial charge in [0.1, 0.15) is 5.82 Å². The van der Waals surface area contributed by atoms with Crippen molar-refractivity contribution < 1.29 is 9.90 Å². The topological polar surface area (TPSA) is 79.4 Å². The van der Waals surface area contributed by atoms with E-state index < -0.39 is 5.91 Å². The molecule has 1 aliphatic rings. The number of rotatable bonds is 5. The van der Waals surface area contributed by atoms with Gasteiger partial charge in [-0.05, 0) is 49.4 Å². The molecule has 3 rings (SSSR count). The average molecular weight is 339 g/mol. The minimum Gasteiger partial charge on any atom is -0.396 e. The van der Waals surface area contributed by atoms with E-state index in [1.807, 2.05) is 12.1 Å². The first kappa shape index (κ1) is 17.4. The molecule has 1 fully saturated rings. The Bertz CT molecular complexity index is 762. The zero-order valence-electron chi connectivity index (χ0n) is 14.6. The predicted molar refractivity (Wildman–Crippen MR) is 98.6 cm³/mol. The summed E-state index contributed by atoms with van der Waals surface area (Å²) in [4.78, 5) is 18.2. The molecular formula is C20H25N3O2. The largest absolute Gasteiger partial charge is 0.396 e. The van der Waals surface area contributed by atoms with E-state index in [1.54, 1.807) is 18.3 Å². The van der Waals surface area contributed by atoms with Crippen molar-refractivity contribution in [3.8, 4) is 0 Å². The summed E-state index contributed by atoms with van der Waals surface area (Å²) in [7, 11) is 0. The van der Waals surface area contributed by atoms with E-state index in [4.69, 9.17) is 5.73 Å². The molecule has 1 unspecified atom stereocenters. The Labute approximate surface area is 148 Å². The van der Waals surface area contributed by atoms with Crippen LogP contribution in [-0.4, -0.2) is 35.7 Å². The molecule has 0 spiro atoms. The molecule has 2 heterocycles. The van der Waals surface area contributed by atoms with Gasteiger partial charge in [-0.2, -0.15) is 0 Å². The number of carbonyl (C=O) groups excluding carboxylic acids is 1. The number of carbonyl (C=O) groups is 1. The molecule has 0 saturated carbocycles. The molecule has 25 heavy (non-hydrogen) atoms. The molecule has 2 aromatic rings. The van der Waals surface area contributed by atoms with Crippen LogP contribution in [0, 0.1) is 12.3 Å². The van der Waals surface area contributed by atoms with Crippen LogP contribution in [0.2, 0.25) is 0 Å². The fourth-order valence-electron chi connectivity index (χ4n) is 3.77. The number of primary amides is 1. The SMILES string of the molecule is Cc1ccccc1CC1(CO)CCCN(c2ncccc2C(N)=O)C1. The van der Waals surface area contributed by atoms with E-state index >= 15 is 0 Å². The monoisotopic (exact) mass is 339 g/mol. The average Bonchev–Trinajstić information content (AvgIpc) is 2.64. The van der Waals surface area contributed by atoms with E-state index in [0.717, 1.165) is 25.8 Å². The number of aromatic nitrogens is 1. The van der Waals surface area contributed by atoms with Gasteiger partial charge in [-0.15, -0.1) is 0 Å². The standard InChI is InChI=1S/C20H25N3O2/c1-15-6-2-3-7-16(15)12-20(14-24)9-5-11-23(13-20)19-17(18(21)25)8-4-10-22-19/h2-4,6-8,10,24H,5,9,11-14H2,1H3,(H2,21,25). The first-order valence-electron chi connectivity index (χ1n) is 8.70. The van der Waals surface area contributed by atoms with Crippen LogP contribution in [-0.2, 0) is 6.42 Å². The summed E-state index contributed by atoms with van der Waals surface area (Å²) in [6, 6.07) is 11.7. The van der Waals surface area contributed by atoms with Gasteiger partial charge in [0, 0.05) is 24.7 Å². The summed E-state index contributed by atoms with van der Waals surface area (Å²) in [5.41, 5.74) is 8.21. The van der Waals surface area contributed by atoms with Crippen LogP contribution >= 0.6 is 0 Å². The number of piperidine rings is 1. The maximum Gasteiger partial charge on any atom is 0.252 e. The number of nitrogens with zero attached hydrogens (tertiary/aromatic N) is 2. The summed E-state index contributed by atoms with van der Waals surface area (Å²) in [5, 5.41) is 10.2. The number of amides is 1. The highest BCUT2D eigenvalue weighted by Gasteiger charge is 2.36. The smallest absolute Gasteiger partial charge is 0.252 e. The Kier molecular flexibility index (Phi) is 5.04. The highest BCUT2D eigenvalue weighted by molar-refractivity contribution is 5.97. The molecule has 5 nitrogen and oxygen atoms in total. The van der Waals surface area contributed by atoms with Crippen molar-refractivity contribution in [3.05, 3.63) is 59.3 Å². The molecule has 1 saturated heterocycles. The molecule has 5 heteroatoms. The highest BCUT2D eigenvalue weighted by atomic mass is 16.3. The number of nitrogens with two attached hydrogens (primary N) is 1. The summed E-state index contributed by atoms with van der Waals surface area (Å²) in [6.45, 7) is 3.68. The fraction of sp³-hybridized carbons (Fsp3) is 0.400. The normalized spacial score (nSPS) is 20.5. The second kappa shape index (κ2) is 7.23. The summed E-state index contributed by atoms with van der Waals surface area (Å²) in [5.74, 6) is 0.152. The summed E-state index contributed by atoms with van der Waals surface area (Å²) < 4.78 is 0. The lowest BCUT2D eigenvalue weighted by Gasteiger charge is -2.43. The number of benzene rings is 1. The van der Waals surface area contributed by atoms with E-state index in [9.17, 15) is 9.90 Å². The third-order valence-corrected chi connectivity index (χ3v) is 5.18. The third kappa shape index (κ3) is 3.66. The van der Waals surface area contributed by atoms with E-state index in [1.165, 1.54) is 11.1 Å². The van der Waals surface area contributed by atoms with Crippen LogP contribution < -0.4 is 10.6 Å². The molecule has 1 aromatic carbocycles. The van der Waals surface area contributed by atoms with Crippen molar-refractivity contribution in [1.29, 1.82) is 0 Å². The predicted octanol–water partition coefficient (Wildman–Crippen LogP) is 2.31. The molecule has 1 aliphatic heterocycles. The van der Waals surface area contributed by atoms with Crippen LogP contribution in [0.15, 0.2) is 42.6 Å². The van der Waals surface area contributed by atoms with Crippen molar-refractivity contribution >= 4 is 11.7 Å². The molecule has 1 amide bonds. The second-order valence-corrected chi connectivity index (χ2v) is 7.03. The third-order valence-electron chi connectivity index (χ3n) is 5.18. The van der Waals surface area contributed by atoms with Crippen molar-refractivity contribution in [2.24, 2.45) is 11.1 Å². The highest BCUT2D eigenvalue weighted by Crippen LogP contribution is 2.36. The van der Waals surface area contributed by atoms with Crippen LogP contribution in [0.1, 0.15) is 34.3 Å². The minimum absolute atomic E-state index is 0.108. The van der Waals surface area contributed by atoms with Gasteiger partial charge >= 0.3 is 0 Å². The van der Waals surface area contributed by atoms with Gasteiger partial charge < -0.3 is 15.7 Å². The van der Waals surface area contributed by atoms with Gasteiger partial charge in [0.25, 0.3) is 5.91 Å². The van der Waals surface area contributed by atoms with E-state index in [2.05, 4.69) is 28.9 Å². The zero-order valence-corrected chi connectivity index (χ0v) is 14.6. The van der Waals surface area contributed by atoms with Gasteiger partial charge in [0.2, 0.25) is 0 Å². The van der Waals surface area contributed by atoms with Crippen molar-refractivity contribution in [1.82, 2.24) is 4.98 Å². The maximum absolute atomic E-state index is 11.7. The lowest BCUT2D eigenvalue weighted by Crippen LogP contribution is -2.47. The Hall–Kier alpha value is -2.40. The summed E-state index contributed by atoms with van der Waals surface area (Å²) >= 11 is 0. The van der Waals surface area contributed by atoms with Crippen molar-refractivity contribution in [2.75, 3.05) is 24.6 Å². The van der Waals surface area contributed by atoms with Gasteiger partial charge in [0.05, 0.1) is 12.2 Å². The van der Waals surface area contributed by atoms with Crippen LogP contribution in [0.3, 0.4) is 0 Å². The Balaban J connectivity index is 1.89. The Morgan fingerprint density at radius 2 is 2.12 bits per heavy atom. The second-order valence-electron chi connectivity index (χ2n) is 7.03. The molecule has 3 N–H and O–H groups in total. The van der Waals surface area contributed by atoms with Gasteiger partial charge in [-0.25, -0.2) is 4.98 Å². The van der Waals surface area contributed by atoms with Gasteiger partial charge in [-0.3, -0.25) is 4.79 Å². The molecule has 1 aromatic heterocycles. The van der Waals surface area contributed by atoms with Crippen molar-refractivity contribution in [2.45, 2.75) is 26.2 Å². The molecule has 1 atom stereocenters. The Morgan fingerprint density at radius 1 is 1.32 bits per heavy atom. The maximum atomic E-state index is 11.7. The van der Waals surface area contributed by atoms with Crippen LogP contribution in [0.5, 0.6) is 0 Å². The number of aliphatic hydroxyl groups is 1. The molecule has 0 radical (unpaired) electrons. The van der Waals surface area contributed by atoms with Crippen LogP contribution in [0.4, 0.5) is 5.82 Å². The number of pyridine rings is 1. The zero-order chi connectivity index (χ0) is 17.9. The quantitative estimate of drug-likeness (QED) is 0.876. The number of aliphatic hydroxyl groups excluding tert-OH is 1. The first-order valence-corrected chi connectivity index (χ1v) is 8.70. The summed E-state index contributed by atoms with van der Waals surface area (Å²) in [6.07, 6.45) is 4.39. The van der Waals surface area contributed by atoms with Gasteiger partial charge in [-0.1, -0.05) is 24.3 Å². The van der Waals surface area contributed by atoms with Crippen LogP contribution in [0.25, 0.3) is 0 Å². The first-order chi connectivity index (χ1) is 12.0. The minimum atomic E-state index is -0.470. The molecule has 0 bridgehead atoms. The molecule has 132 valence electrons. The fourth-order valence-corrected chi connectivity index (χ4v) is 3.77. The lowest BCUT2D eigenvalue weighted by molar-refractivity contribution is 0.0994. The number of aryl methyl sites for hydroxylation is 1. The van der Waals surface area contributed by atoms with Crippen molar-refractivity contribution in [3.63, 3.8) is 0 Å². The number of anilines is 1. The molecule has 0 aliphatic carbocycles. The number of hydrogen-bond acceptors (Lipinski definition) is 4. The lowest BCUT2D eigenvalue weighted by atomic mass is 9.75. The molecular weight excluding hydrogens is 314 g/mol. The Morgan fingerprint density at radius 3 is 2.84 bits per heavy atom. The van der Waals surface area contributed by atoms with E-state index in [0.29, 0.717) is 17.9 Å². The number of hydrogen-bond donors (Lipinski definition) is 2.